The number of carbonyl (C=O) groups is 1. The Morgan fingerprint density at radius 3 is 2.69 bits per heavy atom. The lowest BCUT2D eigenvalue weighted by atomic mass is 9.99. The van der Waals surface area contributed by atoms with Crippen molar-refractivity contribution < 1.29 is 13.7 Å². The number of hydrogen-bond acceptors (Lipinski definition) is 9. The van der Waals surface area contributed by atoms with Crippen LogP contribution in [0.15, 0.2) is 55.1 Å². The Balaban J connectivity index is 1.26. The lowest BCUT2D eigenvalue weighted by Gasteiger charge is -2.31. The van der Waals surface area contributed by atoms with Crippen LogP contribution in [0.25, 0.3) is 11.1 Å². The quantitative estimate of drug-likeness (QED) is 0.216. The van der Waals surface area contributed by atoms with Crippen molar-refractivity contribution in [2.75, 3.05) is 11.9 Å². The van der Waals surface area contributed by atoms with E-state index in [1.54, 1.807) is 34.8 Å². The summed E-state index contributed by atoms with van der Waals surface area (Å²) in [6.45, 7) is 7.10. The van der Waals surface area contributed by atoms with E-state index in [-0.39, 0.29) is 6.09 Å². The van der Waals surface area contributed by atoms with E-state index in [1.807, 2.05) is 39.0 Å². The molecule has 2 aromatic heterocycles. The Hall–Kier alpha value is -4.47. The first kappa shape index (κ1) is 29.0. The molecule has 3 heterocycles. The number of nitrogens with zero attached hydrogens (tertiary/aromatic N) is 7. The minimum absolute atomic E-state index is 0.307. The molecule has 0 saturated carbocycles. The summed E-state index contributed by atoms with van der Waals surface area (Å²) in [7, 11) is -0.947. The number of fused-ring (bicyclic) bond motifs is 1. The molecular weight excluding hydrogens is 576 g/mol. The van der Waals surface area contributed by atoms with Crippen molar-refractivity contribution in [1.29, 1.82) is 0 Å². The van der Waals surface area contributed by atoms with E-state index in [1.165, 1.54) is 16.6 Å². The van der Waals surface area contributed by atoms with Crippen LogP contribution in [-0.4, -0.2) is 58.7 Å². The molecule has 13 heteroatoms. The zero-order chi connectivity index (χ0) is 29.7. The third-order valence-corrected chi connectivity index (χ3v) is 7.50. The van der Waals surface area contributed by atoms with Gasteiger partial charge in [-0.2, -0.15) is 0 Å². The zero-order valence-electron chi connectivity index (χ0n) is 23.3. The molecule has 42 heavy (non-hydrogen) atoms. The lowest BCUT2D eigenvalue weighted by molar-refractivity contribution is 0.0224. The van der Waals surface area contributed by atoms with E-state index in [4.69, 9.17) is 26.9 Å². The van der Waals surface area contributed by atoms with Gasteiger partial charge in [-0.3, -0.25) is 0 Å². The van der Waals surface area contributed by atoms with Crippen molar-refractivity contribution in [3.05, 3.63) is 71.3 Å². The molecule has 5 rings (SSSR count). The number of anilines is 2. The second-order valence-electron chi connectivity index (χ2n) is 10.4. The minimum atomic E-state index is -0.947. The number of hydrogen-bond donors (Lipinski definition) is 1. The van der Waals surface area contributed by atoms with Crippen molar-refractivity contribution in [3.8, 4) is 28.6 Å². The molecule has 0 saturated heterocycles. The first-order valence-corrected chi connectivity index (χ1v) is 14.7. The van der Waals surface area contributed by atoms with Gasteiger partial charge in [0.2, 0.25) is 5.95 Å². The molecule has 1 unspecified atom stereocenters. The van der Waals surface area contributed by atoms with Crippen LogP contribution >= 0.6 is 22.4 Å². The summed E-state index contributed by atoms with van der Waals surface area (Å²) in [4.78, 5) is 23.3. The number of ether oxygens (including phenoxy) is 1. The first-order chi connectivity index (χ1) is 20.2. The molecule has 1 N–H and O–H groups in total. The van der Waals surface area contributed by atoms with Gasteiger partial charge in [0, 0.05) is 42.1 Å². The van der Waals surface area contributed by atoms with Crippen molar-refractivity contribution in [2.45, 2.75) is 45.9 Å². The molecular formula is C29H29ClN8O3S. The summed E-state index contributed by atoms with van der Waals surface area (Å²) in [5, 5.41) is 19.1. The largest absolute Gasteiger partial charge is 0.444 e. The summed E-state index contributed by atoms with van der Waals surface area (Å²) in [6.07, 6.45) is 11.1. The van der Waals surface area contributed by atoms with Crippen LogP contribution in [0.2, 0.25) is 5.02 Å². The van der Waals surface area contributed by atoms with Gasteiger partial charge in [-0.1, -0.05) is 23.7 Å². The van der Waals surface area contributed by atoms with Gasteiger partial charge in [0.1, 0.15) is 11.9 Å². The van der Waals surface area contributed by atoms with Gasteiger partial charge >= 0.3 is 6.09 Å². The first-order valence-electron chi connectivity index (χ1n) is 13.1. The van der Waals surface area contributed by atoms with Gasteiger partial charge in [0.25, 0.3) is 0 Å². The fourth-order valence-electron chi connectivity index (χ4n) is 4.15. The van der Waals surface area contributed by atoms with E-state index in [2.05, 4.69) is 42.1 Å². The van der Waals surface area contributed by atoms with E-state index in [9.17, 15) is 4.79 Å². The van der Waals surface area contributed by atoms with Crippen molar-refractivity contribution >= 4 is 45.5 Å². The highest BCUT2D eigenvalue weighted by atomic mass is 35.5. The van der Waals surface area contributed by atoms with Crippen LogP contribution in [-0.2, 0) is 24.2 Å². The Bertz CT molecular complexity index is 1650. The van der Waals surface area contributed by atoms with Crippen LogP contribution in [0.5, 0.6) is 5.75 Å². The molecule has 0 bridgehead atoms. The number of rotatable bonds is 7. The second-order valence-corrected chi connectivity index (χ2v) is 12.1. The van der Waals surface area contributed by atoms with Crippen LogP contribution in [0, 0.1) is 11.7 Å². The number of tetrazole rings is 1. The lowest BCUT2D eigenvalue weighted by Crippen LogP contribution is -2.39. The molecule has 1 aliphatic rings. The summed E-state index contributed by atoms with van der Waals surface area (Å²) < 4.78 is 13.1. The molecule has 1 atom stereocenters. The summed E-state index contributed by atoms with van der Waals surface area (Å²) in [5.41, 5.74) is 4.15. The molecule has 216 valence electrons. The summed E-state index contributed by atoms with van der Waals surface area (Å²) in [5.74, 6) is 0.884. The Labute approximate surface area is 251 Å². The number of benzene rings is 2. The number of halogens is 1. The van der Waals surface area contributed by atoms with Crippen molar-refractivity contribution in [2.24, 2.45) is 0 Å². The van der Waals surface area contributed by atoms with Crippen LogP contribution in [0.1, 0.15) is 31.9 Å². The molecule has 0 radical (unpaired) electrons. The fourth-order valence-corrected chi connectivity index (χ4v) is 5.18. The average Bonchev–Trinajstić information content (AvgIpc) is 3.49. The molecule has 2 aromatic carbocycles. The predicted octanol–water partition coefficient (Wildman–Crippen LogP) is 5.48. The monoisotopic (exact) mass is 604 g/mol. The highest BCUT2D eigenvalue weighted by Crippen LogP contribution is 2.34. The van der Waals surface area contributed by atoms with Crippen LogP contribution in [0.4, 0.5) is 16.4 Å². The minimum Gasteiger partial charge on any atom is -0.444 e. The number of amides is 1. The van der Waals surface area contributed by atoms with Gasteiger partial charge in [-0.05, 0) is 83.8 Å². The maximum atomic E-state index is 12.6. The predicted molar refractivity (Wildman–Crippen MR) is 163 cm³/mol. The summed E-state index contributed by atoms with van der Waals surface area (Å²) in [6, 6.07) is 11.5. The maximum absolute atomic E-state index is 12.6. The third kappa shape index (κ3) is 7.43. The molecule has 4 aromatic rings. The normalized spacial score (nSPS) is 13.6. The van der Waals surface area contributed by atoms with E-state index in [0.717, 1.165) is 28.8 Å². The van der Waals surface area contributed by atoms with E-state index in [0.29, 0.717) is 36.4 Å². The number of carbonyl (C=O) groups excluding carboxylic acids is 1. The average molecular weight is 605 g/mol. The standard InChI is InChI=1S/C29H29ClN8O3S/c1-5-42(13-12-38-19-33-35-36-38)41-26-15-21(7-9-25(26)30)23-16-31-27(32-17-23)34-24-8-6-20-10-11-37(18-22(20)14-24)28(39)40-29(2,3)4/h1,6-9,13-17,19H,10-12,18H2,2-4H3,(H,31,32,34). The maximum Gasteiger partial charge on any atom is 0.410 e. The zero-order valence-corrected chi connectivity index (χ0v) is 24.9. The summed E-state index contributed by atoms with van der Waals surface area (Å²) >= 11 is 6.39. The van der Waals surface area contributed by atoms with Crippen LogP contribution in [0.3, 0.4) is 0 Å². The Kier molecular flexibility index (Phi) is 8.70. The Morgan fingerprint density at radius 1 is 1.17 bits per heavy atom. The van der Waals surface area contributed by atoms with Crippen LogP contribution < -0.4 is 9.50 Å². The molecule has 11 nitrogen and oxygen atoms in total. The highest BCUT2D eigenvalue weighted by Gasteiger charge is 2.25. The fraction of sp³-hybridized carbons (Fsp3) is 0.276. The third-order valence-electron chi connectivity index (χ3n) is 6.14. The highest BCUT2D eigenvalue weighted by molar-refractivity contribution is 8.15. The smallest absolute Gasteiger partial charge is 0.410 e. The van der Waals surface area contributed by atoms with Gasteiger partial charge in [-0.25, -0.2) is 19.4 Å². The van der Waals surface area contributed by atoms with E-state index < -0.39 is 16.4 Å². The van der Waals surface area contributed by atoms with Gasteiger partial charge in [-0.15, -0.1) is 11.5 Å². The number of nitrogens with one attached hydrogen (secondary N) is 1. The molecule has 0 aliphatic carbocycles. The van der Waals surface area contributed by atoms with Gasteiger partial charge < -0.3 is 19.1 Å². The molecule has 1 amide bonds. The number of terminal acetylenes is 1. The van der Waals surface area contributed by atoms with Crippen molar-refractivity contribution in [1.82, 2.24) is 35.1 Å². The molecule has 1 aliphatic heterocycles. The Morgan fingerprint density at radius 2 is 1.98 bits per heavy atom. The molecule has 0 fully saturated rings. The number of aromatic nitrogens is 6. The van der Waals surface area contributed by atoms with Gasteiger partial charge in [0.15, 0.2) is 5.75 Å². The molecule has 0 spiro atoms. The van der Waals surface area contributed by atoms with E-state index >= 15 is 0 Å². The topological polar surface area (TPSA) is 120 Å². The second kappa shape index (κ2) is 12.6. The SMILES string of the molecule is C#C/S(=C/Cn1cnnn1)Oc1cc(-c2cnc(Nc3ccc4c(c3)CN(C(=O)OC(C)(C)C)CC4)nc2)ccc1Cl. The van der Waals surface area contributed by atoms with Crippen molar-refractivity contribution in [3.63, 3.8) is 0 Å². The van der Waals surface area contributed by atoms with Gasteiger partial charge in [0.05, 0.1) is 22.3 Å².